The fraction of sp³-hybridized carbons (Fsp3) is 0.364. The van der Waals surface area contributed by atoms with Crippen molar-refractivity contribution in [3.63, 3.8) is 0 Å². The number of amides is 1. The van der Waals surface area contributed by atoms with Crippen molar-refractivity contribution in [1.29, 1.82) is 0 Å². The van der Waals surface area contributed by atoms with Gasteiger partial charge in [0.15, 0.2) is 0 Å². The molecule has 0 radical (unpaired) electrons. The Hall–Kier alpha value is -1.72. The molecule has 1 aromatic rings. The van der Waals surface area contributed by atoms with Gasteiger partial charge in [-0.2, -0.15) is 13.2 Å². The van der Waals surface area contributed by atoms with E-state index in [0.29, 0.717) is 5.56 Å². The van der Waals surface area contributed by atoms with Crippen LogP contribution in [0.15, 0.2) is 24.3 Å². The second-order valence-electron chi connectivity index (χ2n) is 3.88. The van der Waals surface area contributed by atoms with Crippen LogP contribution in [0.3, 0.4) is 0 Å². The van der Waals surface area contributed by atoms with Gasteiger partial charge in [-0.3, -0.25) is 0 Å². The van der Waals surface area contributed by atoms with Gasteiger partial charge < -0.3 is 10.1 Å². The number of alkyl halides is 3. The molecule has 6 heteroatoms. The van der Waals surface area contributed by atoms with Crippen molar-refractivity contribution in [2.45, 2.75) is 25.2 Å². The van der Waals surface area contributed by atoms with Crippen LogP contribution >= 0.6 is 0 Å². The van der Waals surface area contributed by atoms with E-state index in [1.807, 2.05) is 0 Å². The standard InChI is InChI=1S/C11H10F3NO2/c1-6-9(17-10(16)15-6)7-3-2-4-8(5-7)11(12,13)14/h2-6,9H,1H3,(H,15,16)/t6-,9-/m0/s1. The minimum atomic E-state index is -4.39. The van der Waals surface area contributed by atoms with Crippen LogP contribution in [0, 0.1) is 0 Å². The van der Waals surface area contributed by atoms with Crippen molar-refractivity contribution < 1.29 is 22.7 Å². The van der Waals surface area contributed by atoms with Gasteiger partial charge in [0, 0.05) is 0 Å². The van der Waals surface area contributed by atoms with Gasteiger partial charge in [0.05, 0.1) is 11.6 Å². The first kappa shape index (κ1) is 11.8. The summed E-state index contributed by atoms with van der Waals surface area (Å²) in [6.07, 6.45) is -5.68. The number of carbonyl (C=O) groups is 1. The molecule has 2 atom stereocenters. The molecule has 1 aromatic carbocycles. The van der Waals surface area contributed by atoms with E-state index in [-0.39, 0.29) is 6.04 Å². The molecule has 0 aliphatic carbocycles. The van der Waals surface area contributed by atoms with Crippen molar-refractivity contribution in [1.82, 2.24) is 5.32 Å². The number of rotatable bonds is 1. The molecule has 0 spiro atoms. The lowest BCUT2D eigenvalue weighted by molar-refractivity contribution is -0.137. The third-order valence-corrected chi connectivity index (χ3v) is 2.58. The predicted octanol–water partition coefficient (Wildman–Crippen LogP) is 2.87. The van der Waals surface area contributed by atoms with Gasteiger partial charge in [-0.05, 0) is 24.6 Å². The first-order valence-electron chi connectivity index (χ1n) is 5.02. The van der Waals surface area contributed by atoms with E-state index in [1.54, 1.807) is 6.92 Å². The number of alkyl carbamates (subject to hydrolysis) is 1. The summed E-state index contributed by atoms with van der Waals surface area (Å²) < 4.78 is 42.4. The van der Waals surface area contributed by atoms with Crippen LogP contribution in [0.4, 0.5) is 18.0 Å². The minimum absolute atomic E-state index is 0.339. The maximum absolute atomic E-state index is 12.5. The Morgan fingerprint density at radius 2 is 2.06 bits per heavy atom. The molecule has 1 amide bonds. The maximum atomic E-state index is 12.5. The fourth-order valence-corrected chi connectivity index (χ4v) is 1.76. The number of benzene rings is 1. The summed E-state index contributed by atoms with van der Waals surface area (Å²) >= 11 is 0. The van der Waals surface area contributed by atoms with Crippen LogP contribution in [0.5, 0.6) is 0 Å². The van der Waals surface area contributed by atoms with Gasteiger partial charge >= 0.3 is 12.3 Å². The van der Waals surface area contributed by atoms with Gasteiger partial charge in [-0.1, -0.05) is 12.1 Å². The highest BCUT2D eigenvalue weighted by Crippen LogP contribution is 2.33. The lowest BCUT2D eigenvalue weighted by Gasteiger charge is -2.15. The number of carbonyl (C=O) groups excluding carboxylic acids is 1. The van der Waals surface area contributed by atoms with Crippen LogP contribution in [-0.2, 0) is 10.9 Å². The van der Waals surface area contributed by atoms with Crippen LogP contribution < -0.4 is 5.32 Å². The summed E-state index contributed by atoms with van der Waals surface area (Å²) in [5.74, 6) is 0. The van der Waals surface area contributed by atoms with E-state index in [0.717, 1.165) is 12.1 Å². The normalized spacial score (nSPS) is 24.4. The average Bonchev–Trinajstić information content (AvgIpc) is 2.57. The van der Waals surface area contributed by atoms with Crippen molar-refractivity contribution in [2.24, 2.45) is 0 Å². The van der Waals surface area contributed by atoms with Crippen LogP contribution in [0.25, 0.3) is 0 Å². The SMILES string of the molecule is C[C@@H]1NC(=O)O[C@@H]1c1cccc(C(F)(F)F)c1. The van der Waals surface area contributed by atoms with E-state index in [1.165, 1.54) is 12.1 Å². The Bertz CT molecular complexity index is 445. The summed E-state index contributed by atoms with van der Waals surface area (Å²) in [5, 5.41) is 2.48. The Morgan fingerprint density at radius 1 is 1.35 bits per heavy atom. The van der Waals surface area contributed by atoms with Gasteiger partial charge in [0.2, 0.25) is 0 Å². The zero-order chi connectivity index (χ0) is 12.6. The van der Waals surface area contributed by atoms with Gasteiger partial charge in [0.1, 0.15) is 6.10 Å². The number of cyclic esters (lactones) is 1. The summed E-state index contributed by atoms with van der Waals surface area (Å²) in [6.45, 7) is 1.68. The predicted molar refractivity (Wildman–Crippen MR) is 53.3 cm³/mol. The summed E-state index contributed by atoms with van der Waals surface area (Å²) in [7, 11) is 0. The molecule has 3 nitrogen and oxygen atoms in total. The number of hydrogen-bond acceptors (Lipinski definition) is 2. The second kappa shape index (κ2) is 3.94. The van der Waals surface area contributed by atoms with Crippen molar-refractivity contribution in [3.05, 3.63) is 35.4 Å². The largest absolute Gasteiger partial charge is 0.439 e. The lowest BCUT2D eigenvalue weighted by Crippen LogP contribution is -2.24. The van der Waals surface area contributed by atoms with Crippen molar-refractivity contribution in [3.8, 4) is 0 Å². The van der Waals surface area contributed by atoms with Gasteiger partial charge in [0.25, 0.3) is 0 Å². The third kappa shape index (κ3) is 2.35. The van der Waals surface area contributed by atoms with Crippen LogP contribution in [-0.4, -0.2) is 12.1 Å². The molecule has 1 N–H and O–H groups in total. The fourth-order valence-electron chi connectivity index (χ4n) is 1.76. The van der Waals surface area contributed by atoms with E-state index < -0.39 is 23.9 Å². The zero-order valence-electron chi connectivity index (χ0n) is 8.91. The number of ether oxygens (including phenoxy) is 1. The molecule has 2 rings (SSSR count). The first-order chi connectivity index (χ1) is 7.88. The molecule has 0 saturated carbocycles. The second-order valence-corrected chi connectivity index (χ2v) is 3.88. The number of halogens is 3. The average molecular weight is 245 g/mol. The quantitative estimate of drug-likeness (QED) is 0.826. The topological polar surface area (TPSA) is 38.3 Å². The highest BCUT2D eigenvalue weighted by Gasteiger charge is 2.35. The molecular formula is C11H10F3NO2. The van der Waals surface area contributed by atoms with Crippen LogP contribution in [0.1, 0.15) is 24.2 Å². The monoisotopic (exact) mass is 245 g/mol. The highest BCUT2D eigenvalue weighted by atomic mass is 19.4. The smallest absolute Gasteiger partial charge is 0.416 e. The molecule has 1 heterocycles. The third-order valence-electron chi connectivity index (χ3n) is 2.58. The lowest BCUT2D eigenvalue weighted by atomic mass is 10.0. The molecule has 1 aliphatic heterocycles. The molecular weight excluding hydrogens is 235 g/mol. The van der Waals surface area contributed by atoms with Crippen molar-refractivity contribution >= 4 is 6.09 Å². The molecule has 1 saturated heterocycles. The Balaban J connectivity index is 2.31. The Morgan fingerprint density at radius 3 is 2.59 bits per heavy atom. The summed E-state index contributed by atoms with van der Waals surface area (Å²) in [6, 6.07) is 4.46. The Kier molecular flexibility index (Phi) is 2.73. The summed E-state index contributed by atoms with van der Waals surface area (Å²) in [5.41, 5.74) is -0.407. The Labute approximate surface area is 95.6 Å². The minimum Gasteiger partial charge on any atom is -0.439 e. The molecule has 0 bridgehead atoms. The molecule has 1 aliphatic rings. The number of hydrogen-bond donors (Lipinski definition) is 1. The maximum Gasteiger partial charge on any atom is 0.416 e. The van der Waals surface area contributed by atoms with E-state index in [2.05, 4.69) is 5.32 Å². The van der Waals surface area contributed by atoms with Gasteiger partial charge in [-0.15, -0.1) is 0 Å². The van der Waals surface area contributed by atoms with E-state index in [4.69, 9.17) is 4.74 Å². The van der Waals surface area contributed by atoms with E-state index >= 15 is 0 Å². The summed E-state index contributed by atoms with van der Waals surface area (Å²) in [4.78, 5) is 11.0. The van der Waals surface area contributed by atoms with Crippen LogP contribution in [0.2, 0.25) is 0 Å². The molecule has 0 aromatic heterocycles. The zero-order valence-corrected chi connectivity index (χ0v) is 8.91. The van der Waals surface area contributed by atoms with Crippen molar-refractivity contribution in [2.75, 3.05) is 0 Å². The number of nitrogens with one attached hydrogen (secondary N) is 1. The molecule has 92 valence electrons. The molecule has 0 unspecified atom stereocenters. The molecule has 1 fully saturated rings. The first-order valence-corrected chi connectivity index (χ1v) is 5.02. The van der Waals surface area contributed by atoms with E-state index in [9.17, 15) is 18.0 Å². The molecule has 17 heavy (non-hydrogen) atoms. The highest BCUT2D eigenvalue weighted by molar-refractivity contribution is 5.70. The van der Waals surface area contributed by atoms with Gasteiger partial charge in [-0.25, -0.2) is 4.79 Å².